The summed E-state index contributed by atoms with van der Waals surface area (Å²) >= 11 is -0.298. The average molecular weight is 291 g/mol. The molecule has 18 heavy (non-hydrogen) atoms. The van der Waals surface area contributed by atoms with Crippen LogP contribution in [-0.4, -0.2) is 48.8 Å². The van der Waals surface area contributed by atoms with Crippen LogP contribution >= 0.6 is 11.8 Å². The minimum Gasteiger partial charge on any atom is -0.611 e. The molecule has 100 valence electrons. The van der Waals surface area contributed by atoms with Crippen molar-refractivity contribution < 1.29 is 24.4 Å². The van der Waals surface area contributed by atoms with Crippen LogP contribution < -0.4 is 0 Å². The smallest absolute Gasteiger partial charge is 0.358 e. The molecule has 1 fully saturated rings. The molecule has 0 aromatic heterocycles. The summed E-state index contributed by atoms with van der Waals surface area (Å²) in [6, 6.07) is 0. The first kappa shape index (κ1) is 13.7. The summed E-state index contributed by atoms with van der Waals surface area (Å²) < 4.78 is 12.0. The second-order valence-electron chi connectivity index (χ2n) is 4.06. The third-order valence-corrected chi connectivity index (χ3v) is 6.07. The van der Waals surface area contributed by atoms with Gasteiger partial charge in [0.1, 0.15) is 11.1 Å². The van der Waals surface area contributed by atoms with Crippen LogP contribution in [-0.2, 0) is 20.8 Å². The highest BCUT2D eigenvalue weighted by Gasteiger charge is 2.60. The molecule has 4 atom stereocenters. The van der Waals surface area contributed by atoms with E-state index in [1.807, 2.05) is 0 Å². The molecule has 0 aromatic rings. The predicted molar refractivity (Wildman–Crippen MR) is 66.7 cm³/mol. The molecule has 0 aliphatic carbocycles. The number of fused-ring (bicyclic) bond motifs is 1. The van der Waals surface area contributed by atoms with E-state index in [1.165, 1.54) is 6.92 Å². The fourth-order valence-electron chi connectivity index (χ4n) is 2.04. The third-order valence-electron chi connectivity index (χ3n) is 2.94. The van der Waals surface area contributed by atoms with Gasteiger partial charge in [-0.05, 0) is 36.8 Å². The monoisotopic (exact) mass is 291 g/mol. The number of carboxylic acids is 1. The molecular formula is C10H13NO5S2. The maximum Gasteiger partial charge on any atom is 0.358 e. The molecule has 0 saturated carbocycles. The van der Waals surface area contributed by atoms with Crippen molar-refractivity contribution in [3.63, 3.8) is 0 Å². The lowest BCUT2D eigenvalue weighted by molar-refractivity contribution is -0.156. The van der Waals surface area contributed by atoms with Gasteiger partial charge in [0, 0.05) is 0 Å². The van der Waals surface area contributed by atoms with E-state index in [4.69, 9.17) is 5.11 Å². The molecule has 0 radical (unpaired) electrons. The van der Waals surface area contributed by atoms with Crippen molar-refractivity contribution in [2.45, 2.75) is 25.3 Å². The highest BCUT2D eigenvalue weighted by Crippen LogP contribution is 2.51. The topological polar surface area (TPSA) is 101 Å². The molecule has 2 N–H and O–H groups in total. The fraction of sp³-hybridized carbons (Fsp3) is 0.600. The van der Waals surface area contributed by atoms with Gasteiger partial charge in [0.2, 0.25) is 10.1 Å². The molecule has 2 aliphatic heterocycles. The lowest BCUT2D eigenvalue weighted by Gasteiger charge is -2.42. The van der Waals surface area contributed by atoms with Crippen LogP contribution in [0.4, 0.5) is 0 Å². The zero-order valence-electron chi connectivity index (χ0n) is 9.82. The fourth-order valence-corrected chi connectivity index (χ4v) is 5.11. The lowest BCUT2D eigenvalue weighted by Crippen LogP contribution is -2.60. The normalized spacial score (nSPS) is 30.0. The number of carbonyl (C=O) groups is 2. The quantitative estimate of drug-likeness (QED) is 0.555. The van der Waals surface area contributed by atoms with Crippen LogP contribution in [0.5, 0.6) is 0 Å². The van der Waals surface area contributed by atoms with Gasteiger partial charge in [0.05, 0.1) is 12.0 Å². The van der Waals surface area contributed by atoms with Gasteiger partial charge in [0.15, 0.2) is 5.70 Å². The molecular weight excluding hydrogens is 278 g/mol. The predicted octanol–water partition coefficient (Wildman–Crippen LogP) is -0.0792. The number of rotatable bonds is 4. The summed E-state index contributed by atoms with van der Waals surface area (Å²) in [5.74, 6) is -1.98. The number of carbonyl (C=O) groups excluding carboxylic acids is 1. The molecule has 1 amide bonds. The van der Waals surface area contributed by atoms with E-state index in [0.29, 0.717) is 5.75 Å². The SMILES string of the molecule is CC[S+]([O-])C1=C(C(=O)O)N2C(=O)[C@H]([C@@H](C)O)[C@H]2S1. The molecule has 2 aliphatic rings. The number of carboxylic acid groups (broad SMARTS) is 1. The van der Waals surface area contributed by atoms with Crippen molar-refractivity contribution in [1.82, 2.24) is 4.90 Å². The second kappa shape index (κ2) is 4.76. The van der Waals surface area contributed by atoms with E-state index in [9.17, 15) is 19.2 Å². The Labute approximate surface area is 111 Å². The zero-order chi connectivity index (χ0) is 13.6. The van der Waals surface area contributed by atoms with E-state index < -0.39 is 40.4 Å². The molecule has 0 spiro atoms. The minimum absolute atomic E-state index is 0.188. The van der Waals surface area contributed by atoms with Crippen LogP contribution in [0.15, 0.2) is 9.93 Å². The van der Waals surface area contributed by atoms with Crippen molar-refractivity contribution in [3.05, 3.63) is 9.93 Å². The number of amides is 1. The van der Waals surface area contributed by atoms with Gasteiger partial charge >= 0.3 is 5.97 Å². The maximum atomic E-state index is 11.8. The van der Waals surface area contributed by atoms with Gasteiger partial charge in [0.25, 0.3) is 0 Å². The number of β-lactam (4-membered cyclic amide) rings is 1. The number of aliphatic carboxylic acids is 1. The van der Waals surface area contributed by atoms with E-state index in [-0.39, 0.29) is 9.93 Å². The van der Waals surface area contributed by atoms with Gasteiger partial charge in [-0.25, -0.2) is 4.79 Å². The number of aliphatic hydroxyl groups is 1. The van der Waals surface area contributed by atoms with E-state index in [1.54, 1.807) is 6.92 Å². The van der Waals surface area contributed by atoms with Crippen molar-refractivity contribution in [2.24, 2.45) is 5.92 Å². The summed E-state index contributed by atoms with van der Waals surface area (Å²) in [5, 5.41) is 18.2. The van der Waals surface area contributed by atoms with Gasteiger partial charge in [-0.2, -0.15) is 0 Å². The molecule has 2 heterocycles. The molecule has 2 rings (SSSR count). The first-order valence-electron chi connectivity index (χ1n) is 5.43. The summed E-state index contributed by atoms with van der Waals surface area (Å²) in [6.45, 7) is 3.18. The first-order valence-corrected chi connectivity index (χ1v) is 7.63. The Balaban J connectivity index is 2.33. The molecule has 0 aromatic carbocycles. The molecule has 0 bridgehead atoms. The Bertz CT molecular complexity index is 436. The Morgan fingerprint density at radius 2 is 2.28 bits per heavy atom. The van der Waals surface area contributed by atoms with Gasteiger partial charge < -0.3 is 14.8 Å². The molecule has 8 heteroatoms. The van der Waals surface area contributed by atoms with E-state index >= 15 is 0 Å². The third kappa shape index (κ3) is 1.83. The second-order valence-corrected chi connectivity index (χ2v) is 7.12. The number of hydrogen-bond donors (Lipinski definition) is 2. The highest BCUT2D eigenvalue weighted by molar-refractivity contribution is 8.19. The van der Waals surface area contributed by atoms with E-state index in [0.717, 1.165) is 16.7 Å². The van der Waals surface area contributed by atoms with Crippen molar-refractivity contribution in [2.75, 3.05) is 5.75 Å². The standard InChI is InChI=1S/C10H13NO5S2/c1-3-18(16)10-6(9(14)15)11-7(13)5(4(2)12)8(11)17-10/h4-5,8,12H,3H2,1-2H3,(H,14,15)/t4-,5+,8-,18?/m1/s1. The van der Waals surface area contributed by atoms with Gasteiger partial charge in [-0.3, -0.25) is 9.69 Å². The van der Waals surface area contributed by atoms with Crippen molar-refractivity contribution in [3.8, 4) is 0 Å². The molecule has 1 saturated heterocycles. The van der Waals surface area contributed by atoms with Crippen LogP contribution in [0.2, 0.25) is 0 Å². The van der Waals surface area contributed by atoms with Crippen LogP contribution in [0.1, 0.15) is 13.8 Å². The number of hydrogen-bond acceptors (Lipinski definition) is 5. The summed E-state index contributed by atoms with van der Waals surface area (Å²) in [5.41, 5.74) is -0.188. The van der Waals surface area contributed by atoms with Gasteiger partial charge in [-0.15, -0.1) is 0 Å². The highest BCUT2D eigenvalue weighted by atomic mass is 32.3. The van der Waals surface area contributed by atoms with Crippen LogP contribution in [0.25, 0.3) is 0 Å². The Kier molecular flexibility index (Phi) is 3.63. The average Bonchev–Trinajstić information content (AvgIpc) is 2.62. The number of nitrogens with zero attached hydrogens (tertiary/aromatic N) is 1. The number of aliphatic hydroxyl groups excluding tert-OH is 1. The maximum absolute atomic E-state index is 11.8. The lowest BCUT2D eigenvalue weighted by atomic mass is 9.92. The summed E-state index contributed by atoms with van der Waals surface area (Å²) in [4.78, 5) is 24.1. The Morgan fingerprint density at radius 3 is 2.72 bits per heavy atom. The zero-order valence-corrected chi connectivity index (χ0v) is 11.5. The molecule has 1 unspecified atom stereocenters. The summed E-state index contributed by atoms with van der Waals surface area (Å²) in [6.07, 6.45) is -0.837. The Morgan fingerprint density at radius 1 is 1.67 bits per heavy atom. The van der Waals surface area contributed by atoms with Crippen molar-refractivity contribution in [1.29, 1.82) is 0 Å². The van der Waals surface area contributed by atoms with Gasteiger partial charge in [-0.1, -0.05) is 0 Å². The summed E-state index contributed by atoms with van der Waals surface area (Å²) in [7, 11) is 0. The number of thioether (sulfide) groups is 1. The van der Waals surface area contributed by atoms with E-state index in [2.05, 4.69) is 0 Å². The van der Waals surface area contributed by atoms with Crippen LogP contribution in [0.3, 0.4) is 0 Å². The largest absolute Gasteiger partial charge is 0.611 e. The molecule has 6 nitrogen and oxygen atoms in total. The minimum atomic E-state index is -1.41. The van der Waals surface area contributed by atoms with Crippen molar-refractivity contribution >= 4 is 34.8 Å². The Hall–Kier alpha value is -0.700. The van der Waals surface area contributed by atoms with Crippen LogP contribution in [0, 0.1) is 5.92 Å². The first-order chi connectivity index (χ1) is 8.40.